The fraction of sp³-hybridized carbons (Fsp3) is 0.455. The number of hydrogen-bond acceptors (Lipinski definition) is 4. The minimum absolute atomic E-state index is 0.234. The van der Waals surface area contributed by atoms with E-state index in [1.165, 1.54) is 0 Å². The number of para-hydroxylation sites is 1. The first-order valence-corrected chi connectivity index (χ1v) is 5.97. The van der Waals surface area contributed by atoms with Crippen LogP contribution >= 0.6 is 11.8 Å². The van der Waals surface area contributed by atoms with Crippen LogP contribution in [-0.2, 0) is 4.74 Å². The number of ether oxygens (including phenoxy) is 3. The second-order valence-corrected chi connectivity index (χ2v) is 3.62. The summed E-state index contributed by atoms with van der Waals surface area (Å²) >= 11 is 1.63. The summed E-state index contributed by atoms with van der Waals surface area (Å²) in [5, 5.41) is 0. The molecule has 0 unspecified atom stereocenters. The molecule has 0 aliphatic heterocycles. The summed E-state index contributed by atoms with van der Waals surface area (Å²) < 4.78 is 15.9. The largest absolute Gasteiger partial charge is 0.490 e. The molecule has 0 atom stereocenters. The summed E-state index contributed by atoms with van der Waals surface area (Å²) in [5.41, 5.74) is 0. The second-order valence-electron chi connectivity index (χ2n) is 2.77. The Hall–Kier alpha value is -0.870. The summed E-state index contributed by atoms with van der Waals surface area (Å²) in [5.74, 6) is 1.52. The zero-order valence-electron chi connectivity index (χ0n) is 9.28. The molecule has 4 heteroatoms. The molecule has 15 heavy (non-hydrogen) atoms. The van der Waals surface area contributed by atoms with Crippen molar-refractivity contribution >= 4 is 11.8 Å². The van der Waals surface area contributed by atoms with Crippen LogP contribution in [-0.4, -0.2) is 26.8 Å². The van der Waals surface area contributed by atoms with E-state index in [2.05, 4.69) is 0 Å². The standard InChI is InChI=1S/C11H16O3S/c1-4-13-9-6-5-7-10(15-3)11(9)14-8-12-2/h5-7H,4,8H2,1-3H3. The Balaban J connectivity index is 2.92. The highest BCUT2D eigenvalue weighted by molar-refractivity contribution is 7.98. The van der Waals surface area contributed by atoms with E-state index >= 15 is 0 Å². The Kier molecular flexibility index (Phi) is 5.36. The van der Waals surface area contributed by atoms with Crippen molar-refractivity contribution in [1.82, 2.24) is 0 Å². The minimum Gasteiger partial charge on any atom is -0.490 e. The molecule has 0 amide bonds. The van der Waals surface area contributed by atoms with Crippen LogP contribution in [0.15, 0.2) is 23.1 Å². The number of thioether (sulfide) groups is 1. The Labute approximate surface area is 94.7 Å². The third-order valence-corrected chi connectivity index (χ3v) is 2.54. The average molecular weight is 228 g/mol. The molecule has 0 saturated heterocycles. The van der Waals surface area contributed by atoms with E-state index in [-0.39, 0.29) is 6.79 Å². The molecule has 1 aromatic rings. The van der Waals surface area contributed by atoms with Crippen LogP contribution in [0.25, 0.3) is 0 Å². The molecule has 3 nitrogen and oxygen atoms in total. The van der Waals surface area contributed by atoms with Crippen molar-refractivity contribution in [3.63, 3.8) is 0 Å². The van der Waals surface area contributed by atoms with E-state index in [4.69, 9.17) is 14.2 Å². The number of rotatable bonds is 6. The van der Waals surface area contributed by atoms with E-state index in [9.17, 15) is 0 Å². The molecule has 0 aromatic heterocycles. The maximum Gasteiger partial charge on any atom is 0.188 e. The van der Waals surface area contributed by atoms with Gasteiger partial charge < -0.3 is 14.2 Å². The summed E-state index contributed by atoms with van der Waals surface area (Å²) in [4.78, 5) is 1.05. The molecule has 1 rings (SSSR count). The normalized spacial score (nSPS) is 10.1. The smallest absolute Gasteiger partial charge is 0.188 e. The van der Waals surface area contributed by atoms with Gasteiger partial charge in [0.15, 0.2) is 18.3 Å². The third-order valence-electron chi connectivity index (χ3n) is 1.78. The molecule has 84 valence electrons. The lowest BCUT2D eigenvalue weighted by Gasteiger charge is -2.13. The predicted octanol–water partition coefficient (Wildman–Crippen LogP) is 2.79. The van der Waals surface area contributed by atoms with Crippen LogP contribution in [0.4, 0.5) is 0 Å². The van der Waals surface area contributed by atoms with Crippen molar-refractivity contribution in [2.75, 3.05) is 26.8 Å². The summed E-state index contributed by atoms with van der Waals surface area (Å²) in [6, 6.07) is 5.85. The van der Waals surface area contributed by atoms with Crippen molar-refractivity contribution < 1.29 is 14.2 Å². The zero-order valence-corrected chi connectivity index (χ0v) is 10.1. The van der Waals surface area contributed by atoms with Gasteiger partial charge in [-0.2, -0.15) is 0 Å². The minimum atomic E-state index is 0.234. The van der Waals surface area contributed by atoms with Crippen molar-refractivity contribution in [3.8, 4) is 11.5 Å². The first kappa shape index (κ1) is 12.2. The Morgan fingerprint density at radius 3 is 2.67 bits per heavy atom. The lowest BCUT2D eigenvalue weighted by Crippen LogP contribution is -2.03. The molecule has 0 heterocycles. The van der Waals surface area contributed by atoms with Gasteiger partial charge in [0.2, 0.25) is 0 Å². The van der Waals surface area contributed by atoms with Gasteiger partial charge in [-0.15, -0.1) is 11.8 Å². The quantitative estimate of drug-likeness (QED) is 0.553. The van der Waals surface area contributed by atoms with Crippen molar-refractivity contribution in [3.05, 3.63) is 18.2 Å². The molecular weight excluding hydrogens is 212 g/mol. The average Bonchev–Trinajstić information content (AvgIpc) is 2.27. The SMILES string of the molecule is CCOc1cccc(SC)c1OCOC. The highest BCUT2D eigenvalue weighted by Gasteiger charge is 2.09. The van der Waals surface area contributed by atoms with Crippen LogP contribution in [0.1, 0.15) is 6.92 Å². The fourth-order valence-electron chi connectivity index (χ4n) is 1.19. The highest BCUT2D eigenvalue weighted by atomic mass is 32.2. The molecule has 0 N–H and O–H groups in total. The molecule has 1 aromatic carbocycles. The topological polar surface area (TPSA) is 27.7 Å². The molecule has 0 radical (unpaired) electrons. The van der Waals surface area contributed by atoms with E-state index < -0.39 is 0 Å². The van der Waals surface area contributed by atoms with Gasteiger partial charge in [0.05, 0.1) is 11.5 Å². The van der Waals surface area contributed by atoms with Crippen molar-refractivity contribution in [1.29, 1.82) is 0 Å². The van der Waals surface area contributed by atoms with E-state index in [0.29, 0.717) is 6.61 Å². The zero-order chi connectivity index (χ0) is 11.1. The number of methoxy groups -OCH3 is 1. The molecule has 0 spiro atoms. The Morgan fingerprint density at radius 2 is 2.07 bits per heavy atom. The van der Waals surface area contributed by atoms with Crippen LogP contribution in [0.3, 0.4) is 0 Å². The van der Waals surface area contributed by atoms with E-state index in [0.717, 1.165) is 16.4 Å². The van der Waals surface area contributed by atoms with Crippen LogP contribution in [0.2, 0.25) is 0 Å². The molecular formula is C11H16O3S. The van der Waals surface area contributed by atoms with Gasteiger partial charge in [0, 0.05) is 7.11 Å². The van der Waals surface area contributed by atoms with Crippen molar-refractivity contribution in [2.24, 2.45) is 0 Å². The second kappa shape index (κ2) is 6.58. The van der Waals surface area contributed by atoms with Gasteiger partial charge in [-0.3, -0.25) is 0 Å². The van der Waals surface area contributed by atoms with Gasteiger partial charge in [-0.1, -0.05) is 6.07 Å². The van der Waals surface area contributed by atoms with E-state index in [1.807, 2.05) is 31.4 Å². The van der Waals surface area contributed by atoms with Gasteiger partial charge in [-0.25, -0.2) is 0 Å². The van der Waals surface area contributed by atoms with Crippen LogP contribution in [0, 0.1) is 0 Å². The molecule has 0 fully saturated rings. The number of hydrogen-bond donors (Lipinski definition) is 0. The summed E-state index contributed by atoms with van der Waals surface area (Å²) in [6.45, 7) is 2.81. The van der Waals surface area contributed by atoms with Gasteiger partial charge in [0.1, 0.15) is 0 Å². The molecule has 0 aliphatic rings. The Morgan fingerprint density at radius 1 is 1.27 bits per heavy atom. The fourth-order valence-corrected chi connectivity index (χ4v) is 1.75. The maximum absolute atomic E-state index is 5.49. The monoisotopic (exact) mass is 228 g/mol. The predicted molar refractivity (Wildman–Crippen MR) is 61.9 cm³/mol. The Bertz CT molecular complexity index is 302. The van der Waals surface area contributed by atoms with Crippen LogP contribution in [0.5, 0.6) is 11.5 Å². The first-order valence-electron chi connectivity index (χ1n) is 4.75. The molecule has 0 saturated carbocycles. The van der Waals surface area contributed by atoms with Gasteiger partial charge in [-0.05, 0) is 25.3 Å². The van der Waals surface area contributed by atoms with Gasteiger partial charge >= 0.3 is 0 Å². The third kappa shape index (κ3) is 3.32. The van der Waals surface area contributed by atoms with Crippen LogP contribution < -0.4 is 9.47 Å². The highest BCUT2D eigenvalue weighted by Crippen LogP contribution is 2.36. The summed E-state index contributed by atoms with van der Waals surface area (Å²) in [7, 11) is 1.60. The lowest BCUT2D eigenvalue weighted by atomic mass is 10.3. The molecule has 0 aliphatic carbocycles. The lowest BCUT2D eigenvalue weighted by molar-refractivity contribution is 0.0466. The summed E-state index contributed by atoms with van der Waals surface area (Å²) in [6.07, 6.45) is 2.00. The van der Waals surface area contributed by atoms with Crippen molar-refractivity contribution in [2.45, 2.75) is 11.8 Å². The first-order chi connectivity index (χ1) is 7.33. The maximum atomic E-state index is 5.49. The van der Waals surface area contributed by atoms with E-state index in [1.54, 1.807) is 18.9 Å². The number of benzene rings is 1. The molecule has 0 bridgehead atoms. The van der Waals surface area contributed by atoms with Gasteiger partial charge in [0.25, 0.3) is 0 Å².